The van der Waals surface area contributed by atoms with Crippen LogP contribution in [-0.4, -0.2) is 10.1 Å². The second-order valence-corrected chi connectivity index (χ2v) is 3.83. The van der Waals surface area contributed by atoms with Crippen LogP contribution in [0, 0.1) is 5.92 Å². The first kappa shape index (κ1) is 8.69. The molecule has 0 saturated heterocycles. The Kier molecular flexibility index (Phi) is 2.07. The summed E-state index contributed by atoms with van der Waals surface area (Å²) in [5.41, 5.74) is 5.77. The number of hydrogen-bond donors (Lipinski definition) is 1. The minimum Gasteiger partial charge on any atom is -0.338 e. The third-order valence-corrected chi connectivity index (χ3v) is 2.66. The lowest BCUT2D eigenvalue weighted by atomic mass is 10.2. The summed E-state index contributed by atoms with van der Waals surface area (Å²) in [6.45, 7) is 4.20. The van der Waals surface area contributed by atoms with E-state index >= 15 is 0 Å². The predicted molar refractivity (Wildman–Crippen MR) is 48.0 cm³/mol. The summed E-state index contributed by atoms with van der Waals surface area (Å²) >= 11 is 0. The van der Waals surface area contributed by atoms with Gasteiger partial charge in [0, 0.05) is 5.92 Å². The Bertz CT molecular complexity index is 278. The second kappa shape index (κ2) is 3.10. The predicted octanol–water partition coefficient (Wildman–Crippen LogP) is 1.60. The molecule has 3 atom stereocenters. The Balaban J connectivity index is 2.09. The third kappa shape index (κ3) is 1.58. The lowest BCUT2D eigenvalue weighted by Gasteiger charge is -1.98. The van der Waals surface area contributed by atoms with Crippen LogP contribution in [0.1, 0.15) is 50.4 Å². The zero-order chi connectivity index (χ0) is 9.42. The van der Waals surface area contributed by atoms with Crippen LogP contribution in [0.25, 0.3) is 0 Å². The fraction of sp³-hybridized carbons (Fsp3) is 0.778. The van der Waals surface area contributed by atoms with E-state index in [4.69, 9.17) is 10.3 Å². The van der Waals surface area contributed by atoms with Gasteiger partial charge in [0.05, 0.1) is 6.04 Å². The first-order chi connectivity index (χ1) is 6.22. The van der Waals surface area contributed by atoms with Crippen molar-refractivity contribution in [3.8, 4) is 0 Å². The number of nitrogens with zero attached hydrogens (tertiary/aromatic N) is 2. The number of hydrogen-bond acceptors (Lipinski definition) is 4. The molecular formula is C9H15N3O. The largest absolute Gasteiger partial charge is 0.338 e. The quantitative estimate of drug-likeness (QED) is 0.769. The summed E-state index contributed by atoms with van der Waals surface area (Å²) < 4.78 is 5.08. The maximum atomic E-state index is 5.77. The Morgan fingerprint density at radius 1 is 1.69 bits per heavy atom. The molecule has 1 saturated carbocycles. The van der Waals surface area contributed by atoms with E-state index in [9.17, 15) is 0 Å². The van der Waals surface area contributed by atoms with Crippen molar-refractivity contribution in [1.82, 2.24) is 10.1 Å². The van der Waals surface area contributed by atoms with Crippen LogP contribution in [0.3, 0.4) is 0 Å². The molecule has 4 nitrogen and oxygen atoms in total. The summed E-state index contributed by atoms with van der Waals surface area (Å²) in [5.74, 6) is 2.65. The van der Waals surface area contributed by atoms with Crippen LogP contribution in [0.15, 0.2) is 4.52 Å². The summed E-state index contributed by atoms with van der Waals surface area (Å²) in [4.78, 5) is 4.29. The van der Waals surface area contributed by atoms with E-state index in [1.165, 1.54) is 6.42 Å². The van der Waals surface area contributed by atoms with E-state index in [1.807, 2.05) is 6.92 Å². The van der Waals surface area contributed by atoms with Crippen molar-refractivity contribution in [1.29, 1.82) is 0 Å². The smallest absolute Gasteiger partial charge is 0.243 e. The van der Waals surface area contributed by atoms with Gasteiger partial charge in [0.2, 0.25) is 5.89 Å². The van der Waals surface area contributed by atoms with E-state index < -0.39 is 0 Å². The molecule has 0 radical (unpaired) electrons. The van der Waals surface area contributed by atoms with Crippen LogP contribution in [0.5, 0.6) is 0 Å². The van der Waals surface area contributed by atoms with Crippen LogP contribution in [0.2, 0.25) is 0 Å². The molecule has 1 aromatic rings. The number of rotatable bonds is 3. The van der Waals surface area contributed by atoms with Gasteiger partial charge in [0.1, 0.15) is 0 Å². The third-order valence-electron chi connectivity index (χ3n) is 2.66. The van der Waals surface area contributed by atoms with Crippen molar-refractivity contribution in [2.45, 2.75) is 38.6 Å². The highest BCUT2D eigenvalue weighted by Gasteiger charge is 2.38. The molecule has 1 aromatic heterocycles. The molecule has 1 aliphatic rings. The fourth-order valence-corrected chi connectivity index (χ4v) is 1.40. The highest BCUT2D eigenvalue weighted by atomic mass is 16.5. The van der Waals surface area contributed by atoms with Crippen molar-refractivity contribution in [2.75, 3.05) is 0 Å². The van der Waals surface area contributed by atoms with Gasteiger partial charge >= 0.3 is 0 Å². The fourth-order valence-electron chi connectivity index (χ4n) is 1.40. The van der Waals surface area contributed by atoms with E-state index in [0.29, 0.717) is 17.7 Å². The molecule has 0 aliphatic heterocycles. The average molecular weight is 181 g/mol. The Hall–Kier alpha value is -0.900. The van der Waals surface area contributed by atoms with Gasteiger partial charge in [-0.3, -0.25) is 0 Å². The van der Waals surface area contributed by atoms with Crippen LogP contribution >= 0.6 is 0 Å². The number of aromatic nitrogens is 2. The topological polar surface area (TPSA) is 64.9 Å². The maximum absolute atomic E-state index is 5.77. The summed E-state index contributed by atoms with van der Waals surface area (Å²) in [5, 5.41) is 3.93. The number of nitrogens with two attached hydrogens (primary N) is 1. The standard InChI is InChI=1S/C9H15N3O/c1-3-7(10)9-11-8(12-13-9)6-4-5(6)2/h5-7H,3-4,10H2,1-2H3/t5?,6?,7-/m0/s1. The minimum absolute atomic E-state index is 0.102. The molecule has 2 unspecified atom stereocenters. The monoisotopic (exact) mass is 181 g/mol. The Morgan fingerprint density at radius 3 is 2.92 bits per heavy atom. The summed E-state index contributed by atoms with van der Waals surface area (Å²) in [6, 6.07) is -0.102. The highest BCUT2D eigenvalue weighted by molar-refractivity contribution is 5.08. The van der Waals surface area contributed by atoms with Gasteiger partial charge in [-0.15, -0.1) is 0 Å². The zero-order valence-electron chi connectivity index (χ0n) is 8.03. The van der Waals surface area contributed by atoms with E-state index in [1.54, 1.807) is 0 Å². The average Bonchev–Trinajstić information content (AvgIpc) is 2.70. The van der Waals surface area contributed by atoms with Crippen molar-refractivity contribution in [3.63, 3.8) is 0 Å². The molecule has 0 aromatic carbocycles. The lowest BCUT2D eigenvalue weighted by molar-refractivity contribution is 0.348. The molecule has 0 spiro atoms. The molecule has 72 valence electrons. The molecule has 1 aliphatic carbocycles. The Morgan fingerprint density at radius 2 is 2.38 bits per heavy atom. The lowest BCUT2D eigenvalue weighted by Crippen LogP contribution is -2.08. The summed E-state index contributed by atoms with van der Waals surface area (Å²) in [7, 11) is 0. The second-order valence-electron chi connectivity index (χ2n) is 3.83. The van der Waals surface area contributed by atoms with Gasteiger partial charge < -0.3 is 10.3 Å². The van der Waals surface area contributed by atoms with E-state index in [2.05, 4.69) is 17.1 Å². The molecule has 2 rings (SSSR count). The molecular weight excluding hydrogens is 166 g/mol. The molecule has 1 heterocycles. The molecule has 2 N–H and O–H groups in total. The zero-order valence-corrected chi connectivity index (χ0v) is 8.03. The van der Waals surface area contributed by atoms with Gasteiger partial charge in [0.15, 0.2) is 5.82 Å². The Labute approximate surface area is 77.5 Å². The molecule has 4 heteroatoms. The minimum atomic E-state index is -0.102. The molecule has 0 amide bonds. The van der Waals surface area contributed by atoms with Gasteiger partial charge in [-0.05, 0) is 18.8 Å². The summed E-state index contributed by atoms with van der Waals surface area (Å²) in [6.07, 6.45) is 2.02. The van der Waals surface area contributed by atoms with Gasteiger partial charge in [-0.25, -0.2) is 0 Å². The van der Waals surface area contributed by atoms with E-state index in [0.717, 1.165) is 12.2 Å². The maximum Gasteiger partial charge on any atom is 0.243 e. The van der Waals surface area contributed by atoms with Crippen molar-refractivity contribution < 1.29 is 4.52 Å². The highest BCUT2D eigenvalue weighted by Crippen LogP contribution is 2.45. The van der Waals surface area contributed by atoms with Crippen LogP contribution in [-0.2, 0) is 0 Å². The van der Waals surface area contributed by atoms with Crippen LogP contribution < -0.4 is 5.73 Å². The van der Waals surface area contributed by atoms with Crippen molar-refractivity contribution in [2.24, 2.45) is 11.7 Å². The first-order valence-corrected chi connectivity index (χ1v) is 4.81. The molecule has 0 bridgehead atoms. The SMILES string of the molecule is CC[C@H](N)c1nc(C2CC2C)no1. The van der Waals surface area contributed by atoms with Crippen molar-refractivity contribution in [3.05, 3.63) is 11.7 Å². The normalized spacial score (nSPS) is 28.8. The van der Waals surface area contributed by atoms with Gasteiger partial charge in [0.25, 0.3) is 0 Å². The molecule has 13 heavy (non-hydrogen) atoms. The van der Waals surface area contributed by atoms with Gasteiger partial charge in [-0.1, -0.05) is 19.0 Å². The van der Waals surface area contributed by atoms with Crippen LogP contribution in [0.4, 0.5) is 0 Å². The van der Waals surface area contributed by atoms with Crippen molar-refractivity contribution >= 4 is 0 Å². The van der Waals surface area contributed by atoms with E-state index in [-0.39, 0.29) is 6.04 Å². The first-order valence-electron chi connectivity index (χ1n) is 4.81. The molecule has 1 fully saturated rings. The van der Waals surface area contributed by atoms with Gasteiger partial charge in [-0.2, -0.15) is 4.98 Å².